The molecule has 1 rings (SSSR count). The number of nitrogens with one attached hydrogen (secondary N) is 1. The smallest absolute Gasteiger partial charge is 0.237 e. The van der Waals surface area contributed by atoms with Crippen LogP contribution in [0.4, 0.5) is 0 Å². The summed E-state index contributed by atoms with van der Waals surface area (Å²) in [6.07, 6.45) is 1.43. The molecule has 0 spiro atoms. The van der Waals surface area contributed by atoms with Gasteiger partial charge in [0.2, 0.25) is 5.91 Å². The Morgan fingerprint density at radius 2 is 1.80 bits per heavy atom. The van der Waals surface area contributed by atoms with Gasteiger partial charge in [-0.25, -0.2) is 0 Å². The lowest BCUT2D eigenvalue weighted by Crippen LogP contribution is -2.52. The topological polar surface area (TPSA) is 73.6 Å². The SMILES string of the molecule is CCCOc1ccccc1OCCC(C)(NC)C(N)=O. The number of nitrogens with two attached hydrogens (primary N) is 1. The first-order chi connectivity index (χ1) is 9.53. The van der Waals surface area contributed by atoms with Gasteiger partial charge in [-0.05, 0) is 32.5 Å². The van der Waals surface area contributed by atoms with Crippen LogP contribution in [0.5, 0.6) is 11.5 Å². The Kier molecular flexibility index (Phi) is 6.31. The van der Waals surface area contributed by atoms with Gasteiger partial charge in [-0.15, -0.1) is 0 Å². The first kappa shape index (κ1) is 16.3. The maximum atomic E-state index is 11.4. The average molecular weight is 280 g/mol. The average Bonchev–Trinajstić information content (AvgIpc) is 2.45. The maximum absolute atomic E-state index is 11.4. The predicted octanol–water partition coefficient (Wildman–Crippen LogP) is 1.71. The largest absolute Gasteiger partial charge is 0.490 e. The van der Waals surface area contributed by atoms with Gasteiger partial charge in [0, 0.05) is 6.42 Å². The second kappa shape index (κ2) is 7.75. The highest BCUT2D eigenvalue weighted by Gasteiger charge is 2.28. The zero-order valence-corrected chi connectivity index (χ0v) is 12.4. The zero-order chi connectivity index (χ0) is 15.0. The minimum atomic E-state index is -0.765. The molecule has 0 aliphatic carbocycles. The second-order valence-corrected chi connectivity index (χ2v) is 4.84. The quantitative estimate of drug-likeness (QED) is 0.722. The van der Waals surface area contributed by atoms with Crippen LogP contribution in [-0.4, -0.2) is 31.7 Å². The lowest BCUT2D eigenvalue weighted by atomic mass is 9.98. The van der Waals surface area contributed by atoms with Gasteiger partial charge >= 0.3 is 0 Å². The third-order valence-corrected chi connectivity index (χ3v) is 3.27. The van der Waals surface area contributed by atoms with Crippen molar-refractivity contribution in [3.05, 3.63) is 24.3 Å². The van der Waals surface area contributed by atoms with Crippen LogP contribution in [0.2, 0.25) is 0 Å². The molecule has 1 atom stereocenters. The van der Waals surface area contributed by atoms with E-state index in [1.54, 1.807) is 14.0 Å². The number of carbonyl (C=O) groups is 1. The number of rotatable bonds is 9. The highest BCUT2D eigenvalue weighted by atomic mass is 16.5. The number of hydrogen-bond donors (Lipinski definition) is 2. The summed E-state index contributed by atoms with van der Waals surface area (Å²) in [5.74, 6) is 1.02. The third kappa shape index (κ3) is 4.42. The van der Waals surface area contributed by atoms with E-state index in [0.29, 0.717) is 25.4 Å². The zero-order valence-electron chi connectivity index (χ0n) is 12.4. The number of ether oxygens (including phenoxy) is 2. The van der Waals surface area contributed by atoms with Gasteiger partial charge < -0.3 is 20.5 Å². The van der Waals surface area contributed by atoms with Gasteiger partial charge in [-0.2, -0.15) is 0 Å². The van der Waals surface area contributed by atoms with Gasteiger partial charge in [-0.3, -0.25) is 4.79 Å². The Morgan fingerprint density at radius 1 is 1.25 bits per heavy atom. The minimum absolute atomic E-state index is 0.382. The van der Waals surface area contributed by atoms with Crippen LogP contribution in [0, 0.1) is 0 Å². The van der Waals surface area contributed by atoms with Crippen molar-refractivity contribution in [2.75, 3.05) is 20.3 Å². The number of para-hydroxylation sites is 2. The molecule has 1 aromatic carbocycles. The lowest BCUT2D eigenvalue weighted by Gasteiger charge is -2.25. The molecule has 0 saturated heterocycles. The van der Waals surface area contributed by atoms with E-state index in [9.17, 15) is 4.79 Å². The summed E-state index contributed by atoms with van der Waals surface area (Å²) in [5.41, 5.74) is 4.61. The lowest BCUT2D eigenvalue weighted by molar-refractivity contribution is -0.124. The molecule has 0 fully saturated rings. The highest BCUT2D eigenvalue weighted by molar-refractivity contribution is 5.84. The van der Waals surface area contributed by atoms with Crippen LogP contribution in [0.25, 0.3) is 0 Å². The fraction of sp³-hybridized carbons (Fsp3) is 0.533. The fourth-order valence-corrected chi connectivity index (χ4v) is 1.64. The van der Waals surface area contributed by atoms with E-state index in [0.717, 1.165) is 12.2 Å². The number of carbonyl (C=O) groups excluding carboxylic acids is 1. The summed E-state index contributed by atoms with van der Waals surface area (Å²) < 4.78 is 11.3. The van der Waals surface area contributed by atoms with Crippen LogP contribution < -0.4 is 20.5 Å². The summed E-state index contributed by atoms with van der Waals surface area (Å²) in [6.45, 7) is 4.84. The van der Waals surface area contributed by atoms with Crippen LogP contribution in [0.3, 0.4) is 0 Å². The molecule has 1 aromatic rings. The Morgan fingerprint density at radius 3 is 2.25 bits per heavy atom. The van der Waals surface area contributed by atoms with Crippen LogP contribution in [0.15, 0.2) is 24.3 Å². The summed E-state index contributed by atoms with van der Waals surface area (Å²) in [5, 5.41) is 2.93. The normalized spacial score (nSPS) is 13.6. The molecule has 1 unspecified atom stereocenters. The molecule has 0 aliphatic rings. The monoisotopic (exact) mass is 280 g/mol. The Bertz CT molecular complexity index is 437. The van der Waals surface area contributed by atoms with E-state index >= 15 is 0 Å². The molecule has 0 aliphatic heterocycles. The minimum Gasteiger partial charge on any atom is -0.490 e. The van der Waals surface area contributed by atoms with Gasteiger partial charge in [-0.1, -0.05) is 19.1 Å². The highest BCUT2D eigenvalue weighted by Crippen LogP contribution is 2.27. The van der Waals surface area contributed by atoms with Crippen molar-refractivity contribution >= 4 is 5.91 Å². The van der Waals surface area contributed by atoms with Crippen molar-refractivity contribution in [1.29, 1.82) is 0 Å². The number of primary amides is 1. The van der Waals surface area contributed by atoms with Crippen LogP contribution in [0.1, 0.15) is 26.7 Å². The van der Waals surface area contributed by atoms with Crippen LogP contribution in [-0.2, 0) is 4.79 Å². The number of likely N-dealkylation sites (N-methyl/N-ethyl adjacent to an activating group) is 1. The Hall–Kier alpha value is -1.75. The first-order valence-corrected chi connectivity index (χ1v) is 6.87. The maximum Gasteiger partial charge on any atom is 0.237 e. The Balaban J connectivity index is 2.59. The van der Waals surface area contributed by atoms with Crippen molar-refractivity contribution in [1.82, 2.24) is 5.32 Å². The van der Waals surface area contributed by atoms with Crippen molar-refractivity contribution < 1.29 is 14.3 Å². The standard InChI is InChI=1S/C15H24N2O3/c1-4-10-19-12-7-5-6-8-13(12)20-11-9-15(2,17-3)14(16)18/h5-8,17H,4,9-11H2,1-3H3,(H2,16,18). The van der Waals surface area contributed by atoms with E-state index < -0.39 is 5.54 Å². The van der Waals surface area contributed by atoms with Gasteiger partial charge in [0.1, 0.15) is 0 Å². The molecular weight excluding hydrogens is 256 g/mol. The van der Waals surface area contributed by atoms with E-state index in [2.05, 4.69) is 12.2 Å². The van der Waals surface area contributed by atoms with Gasteiger partial charge in [0.05, 0.1) is 18.8 Å². The number of hydrogen-bond acceptors (Lipinski definition) is 4. The molecule has 112 valence electrons. The molecule has 0 saturated carbocycles. The predicted molar refractivity (Wildman–Crippen MR) is 79.0 cm³/mol. The van der Waals surface area contributed by atoms with Gasteiger partial charge in [0.15, 0.2) is 11.5 Å². The molecule has 5 nitrogen and oxygen atoms in total. The molecular formula is C15H24N2O3. The summed E-state index contributed by atoms with van der Waals surface area (Å²) in [6, 6.07) is 7.51. The molecule has 3 N–H and O–H groups in total. The Labute approximate surface area is 120 Å². The van der Waals surface area contributed by atoms with Crippen molar-refractivity contribution in [3.63, 3.8) is 0 Å². The van der Waals surface area contributed by atoms with E-state index in [1.807, 2.05) is 24.3 Å². The summed E-state index contributed by atoms with van der Waals surface area (Å²) >= 11 is 0. The molecule has 20 heavy (non-hydrogen) atoms. The van der Waals surface area contributed by atoms with E-state index in [-0.39, 0.29) is 5.91 Å². The van der Waals surface area contributed by atoms with E-state index in [4.69, 9.17) is 15.2 Å². The number of amides is 1. The van der Waals surface area contributed by atoms with Crippen LogP contribution >= 0.6 is 0 Å². The molecule has 0 radical (unpaired) electrons. The van der Waals surface area contributed by atoms with Gasteiger partial charge in [0.25, 0.3) is 0 Å². The first-order valence-electron chi connectivity index (χ1n) is 6.87. The molecule has 1 amide bonds. The molecule has 0 heterocycles. The fourth-order valence-electron chi connectivity index (χ4n) is 1.64. The van der Waals surface area contributed by atoms with Crippen molar-refractivity contribution in [3.8, 4) is 11.5 Å². The molecule has 5 heteroatoms. The van der Waals surface area contributed by atoms with Crippen molar-refractivity contribution in [2.45, 2.75) is 32.2 Å². The third-order valence-electron chi connectivity index (χ3n) is 3.27. The number of benzene rings is 1. The second-order valence-electron chi connectivity index (χ2n) is 4.84. The molecule has 0 aromatic heterocycles. The summed E-state index contributed by atoms with van der Waals surface area (Å²) in [7, 11) is 1.71. The van der Waals surface area contributed by atoms with Crippen molar-refractivity contribution in [2.24, 2.45) is 5.73 Å². The molecule has 0 bridgehead atoms. The van der Waals surface area contributed by atoms with E-state index in [1.165, 1.54) is 0 Å². The summed E-state index contributed by atoms with van der Waals surface area (Å²) in [4.78, 5) is 11.4.